The van der Waals surface area contributed by atoms with Gasteiger partial charge in [0.05, 0.1) is 24.4 Å². The lowest BCUT2D eigenvalue weighted by atomic mass is 10.1. The first-order valence-electron chi connectivity index (χ1n) is 15.4. The van der Waals surface area contributed by atoms with Crippen LogP contribution in [0.25, 0.3) is 28.2 Å². The van der Waals surface area contributed by atoms with E-state index in [0.717, 1.165) is 22.0 Å². The van der Waals surface area contributed by atoms with Gasteiger partial charge in [-0.15, -0.1) is 6.58 Å². The van der Waals surface area contributed by atoms with Crippen molar-refractivity contribution in [1.29, 1.82) is 0 Å². The van der Waals surface area contributed by atoms with Crippen molar-refractivity contribution < 1.29 is 33.8 Å². The van der Waals surface area contributed by atoms with E-state index in [9.17, 15) is 24.3 Å². The van der Waals surface area contributed by atoms with Crippen molar-refractivity contribution in [2.75, 3.05) is 13.2 Å². The lowest BCUT2D eigenvalue weighted by Crippen LogP contribution is -2.55. The number of carboxylic acid groups (broad SMARTS) is 1. The smallest absolute Gasteiger partial charge is 0.407 e. The molecule has 1 saturated carbocycles. The molecule has 238 valence electrons. The molecule has 0 radical (unpaired) electrons. The highest BCUT2D eigenvalue weighted by Gasteiger charge is 2.61. The predicted octanol–water partition coefficient (Wildman–Crippen LogP) is 4.32. The molecular formula is C35H36N4O7. The van der Waals surface area contributed by atoms with Crippen molar-refractivity contribution in [3.63, 3.8) is 0 Å². The Kier molecular flexibility index (Phi) is 8.48. The first-order chi connectivity index (χ1) is 22.2. The number of nitrogens with one attached hydrogen (secondary N) is 2. The van der Waals surface area contributed by atoms with Gasteiger partial charge in [-0.05, 0) is 43.9 Å². The van der Waals surface area contributed by atoms with Crippen LogP contribution >= 0.6 is 0 Å². The molecule has 46 heavy (non-hydrogen) atoms. The van der Waals surface area contributed by atoms with E-state index in [1.807, 2.05) is 66.7 Å². The summed E-state index contributed by atoms with van der Waals surface area (Å²) in [6.07, 6.45) is 5.71. The summed E-state index contributed by atoms with van der Waals surface area (Å²) in [4.78, 5) is 58.3. The van der Waals surface area contributed by atoms with Crippen LogP contribution in [0, 0.1) is 5.92 Å². The number of nitrogens with zero attached hydrogens (tertiary/aromatic N) is 2. The van der Waals surface area contributed by atoms with Gasteiger partial charge in [0, 0.05) is 29.4 Å². The standard InChI is InChI=1S/C35H36N4O7/c1-3-24-19-35(24,33(42)43)38-31(40)29-17-25-20-39(29)32(41)21(2)36-34(44)45-15-9-5-6-10-22-13-14-27-26(16-22)30(46-25)18-28(37-27)23-11-7-4-8-12-23/h3-4,6-8,10-14,16,18,21,24-25,29H,1,5,9,15,17,19-20H2,2H3,(H,36,44)(H,38,40)(H,42,43)/b10-6+/t21-,24-,25+,29-,35+/m0/s1. The second-order valence-corrected chi connectivity index (χ2v) is 12.0. The third kappa shape index (κ3) is 6.17. The summed E-state index contributed by atoms with van der Waals surface area (Å²) in [6.45, 7) is 5.41. The zero-order valence-corrected chi connectivity index (χ0v) is 25.5. The van der Waals surface area contributed by atoms with E-state index in [1.54, 1.807) is 0 Å². The van der Waals surface area contributed by atoms with Crippen molar-refractivity contribution in [3.05, 3.63) is 78.9 Å². The fourth-order valence-electron chi connectivity index (χ4n) is 6.16. The van der Waals surface area contributed by atoms with Crippen LogP contribution in [-0.4, -0.2) is 75.7 Å². The Morgan fingerprint density at radius 3 is 2.72 bits per heavy atom. The number of fused-ring (bicyclic) bond motifs is 3. The predicted molar refractivity (Wildman–Crippen MR) is 171 cm³/mol. The van der Waals surface area contributed by atoms with Crippen LogP contribution in [0.1, 0.15) is 38.2 Å². The van der Waals surface area contributed by atoms with Crippen molar-refractivity contribution in [2.45, 2.75) is 56.3 Å². The molecule has 3 aromatic rings. The SMILES string of the molecule is C=C[C@H]1C[C@]1(NC(=O)[C@@H]1C[C@@H]2CN1C(=O)[C@H](C)NC(=O)OCCC/C=C/c1ccc3nc(-c4ccccc4)cc(c3c1)O2)C(=O)O. The Hall–Kier alpha value is -5.19. The number of aromatic nitrogens is 1. The third-order valence-corrected chi connectivity index (χ3v) is 8.80. The molecule has 4 bridgehead atoms. The maximum absolute atomic E-state index is 13.7. The molecule has 11 heteroatoms. The van der Waals surface area contributed by atoms with Gasteiger partial charge < -0.3 is 30.1 Å². The molecular weight excluding hydrogens is 588 g/mol. The summed E-state index contributed by atoms with van der Waals surface area (Å²) in [5.74, 6) is -2.16. The summed E-state index contributed by atoms with van der Waals surface area (Å²) in [7, 11) is 0. The zero-order valence-electron chi connectivity index (χ0n) is 25.5. The van der Waals surface area contributed by atoms with E-state index in [2.05, 4.69) is 17.2 Å². The lowest BCUT2D eigenvalue weighted by Gasteiger charge is -2.28. The number of amides is 3. The van der Waals surface area contributed by atoms with Gasteiger partial charge >= 0.3 is 12.1 Å². The van der Waals surface area contributed by atoms with Gasteiger partial charge in [-0.3, -0.25) is 9.59 Å². The number of hydrogen-bond donors (Lipinski definition) is 3. The molecule has 2 fully saturated rings. The first-order valence-corrected chi connectivity index (χ1v) is 15.4. The van der Waals surface area contributed by atoms with Crippen LogP contribution in [0.5, 0.6) is 5.75 Å². The van der Waals surface area contributed by atoms with Gasteiger partial charge in [0.25, 0.3) is 0 Å². The number of benzene rings is 2. The number of alkyl carbamates (subject to hydrolysis) is 1. The van der Waals surface area contributed by atoms with Crippen LogP contribution in [0.3, 0.4) is 0 Å². The Balaban J connectivity index is 1.38. The minimum absolute atomic E-state index is 0.0347. The van der Waals surface area contributed by atoms with Crippen molar-refractivity contribution in [3.8, 4) is 17.0 Å². The van der Waals surface area contributed by atoms with E-state index in [-0.39, 0.29) is 26.0 Å². The molecule has 11 nitrogen and oxygen atoms in total. The largest absolute Gasteiger partial charge is 0.488 e. The van der Waals surface area contributed by atoms with Crippen LogP contribution < -0.4 is 15.4 Å². The maximum atomic E-state index is 13.7. The number of cyclic esters (lactones) is 1. The van der Waals surface area contributed by atoms with Crippen LogP contribution in [0.2, 0.25) is 0 Å². The summed E-state index contributed by atoms with van der Waals surface area (Å²) in [5.41, 5.74) is 1.79. The molecule has 3 N–H and O–H groups in total. The number of pyridine rings is 1. The Morgan fingerprint density at radius 2 is 1.98 bits per heavy atom. The number of carbonyl (C=O) groups excluding carboxylic acids is 3. The second kappa shape index (κ2) is 12.7. The van der Waals surface area contributed by atoms with Gasteiger partial charge in [0.15, 0.2) is 0 Å². The summed E-state index contributed by atoms with van der Waals surface area (Å²) in [6, 6.07) is 15.4. The molecule has 3 aliphatic rings. The monoisotopic (exact) mass is 624 g/mol. The number of hydrogen-bond acceptors (Lipinski definition) is 7. The second-order valence-electron chi connectivity index (χ2n) is 12.0. The minimum Gasteiger partial charge on any atom is -0.488 e. The molecule has 3 amide bonds. The van der Waals surface area contributed by atoms with Crippen molar-refractivity contribution in [2.24, 2.45) is 5.92 Å². The number of ether oxygens (including phenoxy) is 2. The molecule has 1 aliphatic carbocycles. The van der Waals surface area contributed by atoms with Crippen LogP contribution in [0.15, 0.2) is 73.3 Å². The molecule has 6 rings (SSSR count). The molecule has 1 saturated heterocycles. The van der Waals surface area contributed by atoms with Crippen molar-refractivity contribution in [1.82, 2.24) is 20.5 Å². The van der Waals surface area contributed by atoms with E-state index in [4.69, 9.17) is 14.5 Å². The van der Waals surface area contributed by atoms with Gasteiger partial charge in [-0.1, -0.05) is 54.6 Å². The van der Waals surface area contributed by atoms with Crippen LogP contribution in [0.4, 0.5) is 4.79 Å². The highest BCUT2D eigenvalue weighted by molar-refractivity contribution is 5.96. The molecule has 5 atom stereocenters. The molecule has 0 spiro atoms. The van der Waals surface area contributed by atoms with E-state index >= 15 is 0 Å². The van der Waals surface area contributed by atoms with E-state index in [0.29, 0.717) is 24.3 Å². The Bertz CT molecular complexity index is 1720. The molecule has 1 aromatic heterocycles. The number of allylic oxidation sites excluding steroid dienone is 1. The normalized spacial score (nSPS) is 27.0. The molecule has 3 heterocycles. The molecule has 2 aromatic carbocycles. The Labute approximate surface area is 266 Å². The third-order valence-electron chi connectivity index (χ3n) is 8.80. The highest BCUT2D eigenvalue weighted by atomic mass is 16.5. The van der Waals surface area contributed by atoms with Gasteiger partial charge in [0.2, 0.25) is 11.8 Å². The van der Waals surface area contributed by atoms with Gasteiger partial charge in [0.1, 0.15) is 29.5 Å². The minimum atomic E-state index is -1.47. The average Bonchev–Trinajstić information content (AvgIpc) is 3.62. The quantitative estimate of drug-likeness (QED) is 0.356. The summed E-state index contributed by atoms with van der Waals surface area (Å²) >= 11 is 0. The number of aliphatic carboxylic acids is 1. The summed E-state index contributed by atoms with van der Waals surface area (Å²) < 4.78 is 11.9. The maximum Gasteiger partial charge on any atom is 0.407 e. The lowest BCUT2D eigenvalue weighted by molar-refractivity contribution is -0.145. The first kappa shape index (κ1) is 30.8. The fourth-order valence-corrected chi connectivity index (χ4v) is 6.16. The zero-order chi connectivity index (χ0) is 32.4. The number of carboxylic acids is 1. The fraction of sp³-hybridized carbons (Fsp3) is 0.343. The van der Waals surface area contributed by atoms with E-state index in [1.165, 1.54) is 17.9 Å². The number of carbonyl (C=O) groups is 4. The van der Waals surface area contributed by atoms with Gasteiger partial charge in [-0.25, -0.2) is 14.6 Å². The van der Waals surface area contributed by atoms with Gasteiger partial charge in [-0.2, -0.15) is 0 Å². The van der Waals surface area contributed by atoms with Crippen molar-refractivity contribution >= 4 is 40.9 Å². The van der Waals surface area contributed by atoms with E-state index < -0.39 is 53.5 Å². The topological polar surface area (TPSA) is 147 Å². The van der Waals surface area contributed by atoms with Crippen LogP contribution in [-0.2, 0) is 19.1 Å². The average molecular weight is 625 g/mol. The summed E-state index contributed by atoms with van der Waals surface area (Å²) in [5, 5.41) is 15.9. The number of rotatable bonds is 5. The highest BCUT2D eigenvalue weighted by Crippen LogP contribution is 2.45. The molecule has 0 unspecified atom stereocenters. The molecule has 2 aliphatic heterocycles. The Morgan fingerprint density at radius 1 is 1.17 bits per heavy atom.